The van der Waals surface area contributed by atoms with Gasteiger partial charge in [0.25, 0.3) is 0 Å². The van der Waals surface area contributed by atoms with E-state index in [1.165, 1.54) is 11.3 Å². The Kier molecular flexibility index (Phi) is 7.02. The van der Waals surface area contributed by atoms with Crippen LogP contribution in [0.15, 0.2) is 4.52 Å². The zero-order valence-corrected chi connectivity index (χ0v) is 27.4. The summed E-state index contributed by atoms with van der Waals surface area (Å²) in [7, 11) is 2.17. The van der Waals surface area contributed by atoms with Gasteiger partial charge in [-0.05, 0) is 76.9 Å². The number of nitriles is 1. The number of fused-ring (bicyclic) bond motifs is 3. The van der Waals surface area contributed by atoms with E-state index in [0.717, 1.165) is 91.8 Å². The van der Waals surface area contributed by atoms with Crippen LogP contribution in [0.5, 0.6) is 5.88 Å². The van der Waals surface area contributed by atoms with Gasteiger partial charge in [0.1, 0.15) is 34.6 Å². The average Bonchev–Trinajstić information content (AvgIpc) is 3.69. The maximum atomic E-state index is 10.1. The Morgan fingerprint density at radius 3 is 2.82 bits per heavy atom. The number of anilines is 2. The molecule has 4 aromatic heterocycles. The molecule has 0 spiro atoms. The number of piperidine rings is 1. The Morgan fingerprint density at radius 2 is 2.07 bits per heavy atom. The first-order valence-electron chi connectivity index (χ1n) is 16.6. The topological polar surface area (TPSA) is 135 Å². The summed E-state index contributed by atoms with van der Waals surface area (Å²) in [5.41, 5.74) is 10.5. The Balaban J connectivity index is 1.29. The predicted octanol–water partition coefficient (Wildman–Crippen LogP) is 5.68. The Bertz CT molecular complexity index is 1820. The lowest BCUT2D eigenvalue weighted by molar-refractivity contribution is 0.0798. The van der Waals surface area contributed by atoms with E-state index >= 15 is 0 Å². The summed E-state index contributed by atoms with van der Waals surface area (Å²) in [6, 6.07) is 3.15. The van der Waals surface area contributed by atoms with Gasteiger partial charge in [-0.3, -0.25) is 0 Å². The minimum Gasteiger partial charge on any atom is -0.474 e. The van der Waals surface area contributed by atoms with Crippen LogP contribution in [-0.4, -0.2) is 68.6 Å². The van der Waals surface area contributed by atoms with E-state index in [1.807, 2.05) is 0 Å². The number of aryl methyl sites for hydroxylation is 1. The summed E-state index contributed by atoms with van der Waals surface area (Å²) >= 11 is 1.54. The van der Waals surface area contributed by atoms with Crippen molar-refractivity contribution in [1.29, 1.82) is 5.26 Å². The Morgan fingerprint density at radius 1 is 1.20 bits per heavy atom. The fourth-order valence-corrected chi connectivity index (χ4v) is 9.31. The lowest BCUT2D eigenvalue weighted by Gasteiger charge is -2.41. The highest BCUT2D eigenvalue weighted by Crippen LogP contribution is 2.47. The van der Waals surface area contributed by atoms with Crippen LogP contribution in [0.4, 0.5) is 10.8 Å². The number of aromatic nitrogens is 5. The van der Waals surface area contributed by atoms with Crippen LogP contribution in [0.25, 0.3) is 22.6 Å². The fraction of sp³-hybridized carbons (Fsp3) is 0.606. The van der Waals surface area contributed by atoms with E-state index < -0.39 is 0 Å². The maximum absolute atomic E-state index is 10.1. The van der Waals surface area contributed by atoms with E-state index in [-0.39, 0.29) is 18.0 Å². The summed E-state index contributed by atoms with van der Waals surface area (Å²) < 4.78 is 14.7. The van der Waals surface area contributed by atoms with Crippen molar-refractivity contribution in [1.82, 2.24) is 29.8 Å². The molecule has 45 heavy (non-hydrogen) atoms. The molecule has 0 bridgehead atoms. The fourth-order valence-electron chi connectivity index (χ4n) is 8.12. The van der Waals surface area contributed by atoms with Gasteiger partial charge < -0.3 is 24.8 Å². The molecule has 0 amide bonds. The monoisotopic (exact) mass is 627 g/mol. The van der Waals surface area contributed by atoms with Crippen LogP contribution in [0.1, 0.15) is 98.6 Å². The number of nitrogens with two attached hydrogens (primary N) is 1. The Hall–Kier alpha value is -3.69. The van der Waals surface area contributed by atoms with Crippen LogP contribution in [0.3, 0.4) is 0 Å². The van der Waals surface area contributed by atoms with Crippen molar-refractivity contribution in [3.8, 4) is 23.5 Å². The van der Waals surface area contributed by atoms with Crippen molar-refractivity contribution >= 4 is 33.2 Å². The normalized spacial score (nSPS) is 25.2. The van der Waals surface area contributed by atoms with Crippen molar-refractivity contribution in [3.05, 3.63) is 27.3 Å². The molecule has 2 fully saturated rings. The smallest absolute Gasteiger partial charge is 0.246 e. The van der Waals surface area contributed by atoms with E-state index in [1.54, 1.807) is 11.3 Å². The molecule has 4 aromatic rings. The molecule has 12 heteroatoms. The van der Waals surface area contributed by atoms with E-state index in [2.05, 4.69) is 53.5 Å². The van der Waals surface area contributed by atoms with Gasteiger partial charge in [0, 0.05) is 28.9 Å². The minimum atomic E-state index is -0.0583. The van der Waals surface area contributed by atoms with Crippen molar-refractivity contribution in [2.75, 3.05) is 37.4 Å². The number of nitrogen functional groups attached to an aromatic ring is 1. The number of likely N-dealkylation sites (tertiary alicyclic amines) is 1. The highest BCUT2D eigenvalue weighted by atomic mass is 32.1. The van der Waals surface area contributed by atoms with Gasteiger partial charge in [-0.25, -0.2) is 14.6 Å². The van der Waals surface area contributed by atoms with E-state index in [0.29, 0.717) is 46.5 Å². The standard InChI is InChI=1S/C33H41N9O2S/c1-5-7-24-25(22(14-34)29(35)45-24)20-8-6-9-21-27(39-44-28(20)21)30-36-31-26-32(37-30)42(18(3)23-12-13-40(23)4)38-33(26)43-16-19-11-10-17(2)15-41(19)31/h17-20,23H,5-13,15-16,35H2,1-4H3/t17?,18?,19-,20?,23?/m1/s1. The summed E-state index contributed by atoms with van der Waals surface area (Å²) in [6.45, 7) is 9.30. The predicted molar refractivity (Wildman–Crippen MR) is 174 cm³/mol. The molecule has 11 nitrogen and oxygen atoms in total. The first-order chi connectivity index (χ1) is 21.9. The lowest BCUT2D eigenvalue weighted by Crippen LogP contribution is -2.49. The number of nitrogens with zero attached hydrogens (tertiary/aromatic N) is 8. The van der Waals surface area contributed by atoms with E-state index in [9.17, 15) is 5.26 Å². The van der Waals surface area contributed by atoms with Gasteiger partial charge in [-0.15, -0.1) is 16.4 Å². The first-order valence-corrected chi connectivity index (χ1v) is 17.4. The molecule has 2 N–H and O–H groups in total. The zero-order chi connectivity index (χ0) is 31.0. The SMILES string of the molecule is CCCc1sc(N)c(C#N)c1C1CCCc2c(-c3nc4c5c(nn(C(C)C6CCN6C)c5n3)OC[C@H]3CCC(C)CN43)noc21. The molecular weight excluding hydrogens is 586 g/mol. The third kappa shape index (κ3) is 4.45. The first kappa shape index (κ1) is 28.8. The second-order valence-electron chi connectivity index (χ2n) is 13.6. The zero-order valence-electron chi connectivity index (χ0n) is 26.5. The number of rotatable bonds is 6. The quantitative estimate of drug-likeness (QED) is 0.284. The van der Waals surface area contributed by atoms with Crippen LogP contribution in [0.2, 0.25) is 0 Å². The van der Waals surface area contributed by atoms with E-state index in [4.69, 9.17) is 30.1 Å². The molecule has 4 aliphatic rings. The summed E-state index contributed by atoms with van der Waals surface area (Å²) in [4.78, 5) is 16.5. The number of ether oxygens (including phenoxy) is 1. The highest BCUT2D eigenvalue weighted by Gasteiger charge is 2.40. The molecule has 8 rings (SSSR count). The largest absolute Gasteiger partial charge is 0.474 e. The average molecular weight is 628 g/mol. The minimum absolute atomic E-state index is 0.0583. The third-order valence-electron chi connectivity index (χ3n) is 10.7. The maximum Gasteiger partial charge on any atom is 0.246 e. The number of hydrogen-bond acceptors (Lipinski definition) is 11. The van der Waals surface area contributed by atoms with Gasteiger partial charge >= 0.3 is 0 Å². The third-order valence-corrected chi connectivity index (χ3v) is 11.8. The second-order valence-corrected chi connectivity index (χ2v) is 14.7. The molecule has 4 unspecified atom stereocenters. The molecular formula is C33H41N9O2S. The molecule has 1 aliphatic carbocycles. The van der Waals surface area contributed by atoms with Gasteiger partial charge in [-0.1, -0.05) is 25.4 Å². The highest BCUT2D eigenvalue weighted by molar-refractivity contribution is 7.16. The van der Waals surface area contributed by atoms with Gasteiger partial charge in [-0.2, -0.15) is 5.26 Å². The summed E-state index contributed by atoms with van der Waals surface area (Å²) in [5, 5.41) is 21.3. The number of thiophene rings is 1. The van der Waals surface area contributed by atoms with Gasteiger partial charge in [0.15, 0.2) is 17.2 Å². The van der Waals surface area contributed by atoms with Crippen LogP contribution in [-0.2, 0) is 12.8 Å². The Labute approximate surface area is 267 Å². The summed E-state index contributed by atoms with van der Waals surface area (Å²) in [6.07, 6.45) is 7.90. The van der Waals surface area contributed by atoms with Crippen LogP contribution in [0, 0.1) is 17.2 Å². The molecule has 0 aromatic carbocycles. The molecule has 0 radical (unpaired) electrons. The molecule has 5 atom stereocenters. The molecule has 236 valence electrons. The van der Waals surface area contributed by atoms with Crippen LogP contribution >= 0.6 is 11.3 Å². The lowest BCUT2D eigenvalue weighted by atomic mass is 9.81. The van der Waals surface area contributed by atoms with Crippen molar-refractivity contribution in [3.63, 3.8) is 0 Å². The van der Waals surface area contributed by atoms with Gasteiger partial charge in [0.2, 0.25) is 5.88 Å². The van der Waals surface area contributed by atoms with Gasteiger partial charge in [0.05, 0.1) is 17.6 Å². The van der Waals surface area contributed by atoms with Crippen LogP contribution < -0.4 is 15.4 Å². The number of hydrogen-bond donors (Lipinski definition) is 1. The molecule has 2 saturated heterocycles. The van der Waals surface area contributed by atoms with Crippen molar-refractivity contribution < 1.29 is 9.26 Å². The summed E-state index contributed by atoms with van der Waals surface area (Å²) in [5.74, 6) is 3.42. The molecule has 7 heterocycles. The van der Waals surface area contributed by atoms with Crippen molar-refractivity contribution in [2.45, 2.75) is 96.2 Å². The molecule has 3 aliphatic heterocycles. The second kappa shape index (κ2) is 11.0. The van der Waals surface area contributed by atoms with Crippen molar-refractivity contribution in [2.24, 2.45) is 5.92 Å². The molecule has 0 saturated carbocycles. The number of likely N-dealkylation sites (N-methyl/N-ethyl adjacent to an activating group) is 1.